The van der Waals surface area contributed by atoms with Crippen LogP contribution in [0.1, 0.15) is 18.6 Å². The summed E-state index contributed by atoms with van der Waals surface area (Å²) in [5.41, 5.74) is 4.45. The molecule has 0 fully saturated rings. The van der Waals surface area contributed by atoms with E-state index in [9.17, 15) is 18.7 Å². The molecule has 0 aliphatic heterocycles. The fraction of sp³-hybridized carbons (Fsp3) is 0.300. The Hall–Kier alpha value is -1.69. The number of benzene rings is 1. The van der Waals surface area contributed by atoms with E-state index in [1.165, 1.54) is 6.92 Å². The lowest BCUT2D eigenvalue weighted by Crippen LogP contribution is -2.26. The Balaban J connectivity index is 2.90. The third-order valence-corrected chi connectivity index (χ3v) is 2.02. The van der Waals surface area contributed by atoms with Gasteiger partial charge in [0.15, 0.2) is 0 Å². The maximum atomic E-state index is 13.2. The molecule has 1 aromatic rings. The molecule has 3 N–H and O–H groups in total. The Morgan fingerprint density at radius 3 is 2.69 bits per heavy atom. The minimum Gasteiger partial charge on any atom is -0.444 e. The number of aliphatic hydroxyl groups excluding tert-OH is 1. The van der Waals surface area contributed by atoms with Crippen LogP contribution >= 0.6 is 0 Å². The topological polar surface area (TPSA) is 72.5 Å². The predicted octanol–water partition coefficient (Wildman–Crippen LogP) is 1.48. The molecule has 2 atom stereocenters. The second-order valence-corrected chi connectivity index (χ2v) is 3.25. The standard InChI is InChI=1S/C10H11F2NO3/c1-5(16-10(13)15)9(14)7-4-6(11)2-3-8(7)12/h2-5,9,14H,1H3,(H2,13,15)/t5-,9+/m0/s1. The maximum absolute atomic E-state index is 13.2. The molecule has 0 radical (unpaired) electrons. The molecule has 0 saturated heterocycles. The SMILES string of the molecule is C[C@H](OC(N)=O)[C@@H](O)c1cc(F)ccc1F. The molecular weight excluding hydrogens is 220 g/mol. The number of hydrogen-bond acceptors (Lipinski definition) is 3. The predicted molar refractivity (Wildman–Crippen MR) is 51.4 cm³/mol. The fourth-order valence-corrected chi connectivity index (χ4v) is 1.24. The molecule has 6 heteroatoms. The largest absolute Gasteiger partial charge is 0.444 e. The zero-order chi connectivity index (χ0) is 12.3. The van der Waals surface area contributed by atoms with Crippen LogP contribution in [0.5, 0.6) is 0 Å². The maximum Gasteiger partial charge on any atom is 0.404 e. The quantitative estimate of drug-likeness (QED) is 0.827. The molecule has 0 heterocycles. The van der Waals surface area contributed by atoms with Gasteiger partial charge in [-0.15, -0.1) is 0 Å². The summed E-state index contributed by atoms with van der Waals surface area (Å²) in [4.78, 5) is 10.4. The van der Waals surface area contributed by atoms with Crippen LogP contribution in [0.4, 0.5) is 13.6 Å². The number of amides is 1. The zero-order valence-electron chi connectivity index (χ0n) is 8.48. The van der Waals surface area contributed by atoms with Gasteiger partial charge in [-0.1, -0.05) is 0 Å². The summed E-state index contributed by atoms with van der Waals surface area (Å²) in [6, 6.07) is 2.64. The smallest absolute Gasteiger partial charge is 0.404 e. The van der Waals surface area contributed by atoms with Crippen LogP contribution in [0.15, 0.2) is 18.2 Å². The van der Waals surface area contributed by atoms with Gasteiger partial charge in [0.05, 0.1) is 0 Å². The molecule has 16 heavy (non-hydrogen) atoms. The van der Waals surface area contributed by atoms with E-state index in [1.54, 1.807) is 0 Å². The second kappa shape index (κ2) is 4.89. The molecule has 0 bridgehead atoms. The molecule has 0 spiro atoms. The van der Waals surface area contributed by atoms with Crippen molar-refractivity contribution in [3.63, 3.8) is 0 Å². The van der Waals surface area contributed by atoms with Crippen LogP contribution < -0.4 is 5.73 Å². The summed E-state index contributed by atoms with van der Waals surface area (Å²) in [5, 5.41) is 9.60. The summed E-state index contributed by atoms with van der Waals surface area (Å²) < 4.78 is 30.5. The average Bonchev–Trinajstić information content (AvgIpc) is 2.19. The Kier molecular flexibility index (Phi) is 3.78. The molecular formula is C10H11F2NO3. The number of carbonyl (C=O) groups excluding carboxylic acids is 1. The van der Waals surface area contributed by atoms with E-state index in [0.717, 1.165) is 18.2 Å². The number of halogens is 2. The molecule has 0 unspecified atom stereocenters. The van der Waals surface area contributed by atoms with Gasteiger partial charge in [-0.3, -0.25) is 0 Å². The Labute approximate surface area is 90.6 Å². The van der Waals surface area contributed by atoms with Gasteiger partial charge in [0.2, 0.25) is 0 Å². The molecule has 0 aliphatic rings. The highest BCUT2D eigenvalue weighted by Gasteiger charge is 2.22. The Bertz CT molecular complexity index is 398. The minimum absolute atomic E-state index is 0.284. The number of hydrogen-bond donors (Lipinski definition) is 2. The van der Waals surface area contributed by atoms with Crippen molar-refractivity contribution in [1.29, 1.82) is 0 Å². The second-order valence-electron chi connectivity index (χ2n) is 3.25. The van der Waals surface area contributed by atoms with Crippen LogP contribution in [0.2, 0.25) is 0 Å². The van der Waals surface area contributed by atoms with Crippen LogP contribution in [0.25, 0.3) is 0 Å². The first kappa shape index (κ1) is 12.4. The van der Waals surface area contributed by atoms with Gasteiger partial charge in [-0.2, -0.15) is 0 Å². The van der Waals surface area contributed by atoms with Crippen molar-refractivity contribution in [2.24, 2.45) is 5.73 Å². The van der Waals surface area contributed by atoms with Crippen molar-refractivity contribution in [2.45, 2.75) is 19.1 Å². The Morgan fingerprint density at radius 2 is 2.12 bits per heavy atom. The number of ether oxygens (including phenoxy) is 1. The number of primary amides is 1. The molecule has 88 valence electrons. The van der Waals surface area contributed by atoms with E-state index in [1.807, 2.05) is 0 Å². The molecule has 4 nitrogen and oxygen atoms in total. The summed E-state index contributed by atoms with van der Waals surface area (Å²) in [6.07, 6.45) is -3.62. The zero-order valence-corrected chi connectivity index (χ0v) is 8.48. The van der Waals surface area contributed by atoms with Crippen molar-refractivity contribution in [2.75, 3.05) is 0 Å². The highest BCUT2D eigenvalue weighted by atomic mass is 19.1. The van der Waals surface area contributed by atoms with Gasteiger partial charge >= 0.3 is 6.09 Å². The van der Waals surface area contributed by atoms with E-state index in [2.05, 4.69) is 4.74 Å². The van der Waals surface area contributed by atoms with Gasteiger partial charge < -0.3 is 15.6 Å². The average molecular weight is 231 g/mol. The van der Waals surface area contributed by atoms with Crippen LogP contribution in [0, 0.1) is 11.6 Å². The normalized spacial score (nSPS) is 14.2. The van der Waals surface area contributed by atoms with Gasteiger partial charge in [0.25, 0.3) is 0 Å². The van der Waals surface area contributed by atoms with Crippen LogP contribution in [0.3, 0.4) is 0 Å². The number of aliphatic hydroxyl groups is 1. The van der Waals surface area contributed by atoms with E-state index in [-0.39, 0.29) is 5.56 Å². The molecule has 1 amide bonds. The third kappa shape index (κ3) is 2.90. The lowest BCUT2D eigenvalue weighted by molar-refractivity contribution is 0.0138. The number of carbonyl (C=O) groups is 1. The molecule has 1 rings (SSSR count). The summed E-state index contributed by atoms with van der Waals surface area (Å²) >= 11 is 0. The van der Waals surface area contributed by atoms with Gasteiger partial charge in [0, 0.05) is 5.56 Å². The minimum atomic E-state index is -1.47. The van der Waals surface area contributed by atoms with E-state index in [4.69, 9.17) is 5.73 Å². The van der Waals surface area contributed by atoms with Crippen LogP contribution in [-0.4, -0.2) is 17.3 Å². The first-order valence-corrected chi connectivity index (χ1v) is 4.51. The lowest BCUT2D eigenvalue weighted by Gasteiger charge is -2.19. The van der Waals surface area contributed by atoms with Gasteiger partial charge in [0.1, 0.15) is 23.8 Å². The van der Waals surface area contributed by atoms with Crippen molar-refractivity contribution < 1.29 is 23.4 Å². The van der Waals surface area contributed by atoms with Crippen LogP contribution in [-0.2, 0) is 4.74 Å². The number of rotatable bonds is 3. The first-order chi connectivity index (χ1) is 7.41. The molecule has 0 saturated carbocycles. The van der Waals surface area contributed by atoms with Gasteiger partial charge in [-0.05, 0) is 25.1 Å². The van der Waals surface area contributed by atoms with E-state index in [0.29, 0.717) is 0 Å². The lowest BCUT2D eigenvalue weighted by atomic mass is 10.0. The molecule has 0 aromatic heterocycles. The van der Waals surface area contributed by atoms with Crippen molar-refractivity contribution in [3.05, 3.63) is 35.4 Å². The highest BCUT2D eigenvalue weighted by Crippen LogP contribution is 2.22. The van der Waals surface area contributed by atoms with E-state index >= 15 is 0 Å². The monoisotopic (exact) mass is 231 g/mol. The fourth-order valence-electron chi connectivity index (χ4n) is 1.24. The summed E-state index contributed by atoms with van der Waals surface area (Å²) in [5.74, 6) is -1.48. The molecule has 1 aromatic carbocycles. The van der Waals surface area contributed by atoms with Crippen molar-refractivity contribution in [3.8, 4) is 0 Å². The van der Waals surface area contributed by atoms with Crippen molar-refractivity contribution >= 4 is 6.09 Å². The third-order valence-electron chi connectivity index (χ3n) is 2.02. The van der Waals surface area contributed by atoms with Crippen molar-refractivity contribution in [1.82, 2.24) is 0 Å². The molecule has 0 aliphatic carbocycles. The number of nitrogens with two attached hydrogens (primary N) is 1. The van der Waals surface area contributed by atoms with E-state index < -0.39 is 29.9 Å². The first-order valence-electron chi connectivity index (χ1n) is 4.51. The summed E-state index contributed by atoms with van der Waals surface area (Å²) in [6.45, 7) is 1.32. The Morgan fingerprint density at radius 1 is 1.50 bits per heavy atom. The van der Waals surface area contributed by atoms with Gasteiger partial charge in [-0.25, -0.2) is 13.6 Å². The summed E-state index contributed by atoms with van der Waals surface area (Å²) in [7, 11) is 0. The highest BCUT2D eigenvalue weighted by molar-refractivity contribution is 5.64.